The second-order valence-corrected chi connectivity index (χ2v) is 6.98. The Morgan fingerprint density at radius 3 is 3.05 bits per heavy atom. The van der Waals surface area contributed by atoms with Gasteiger partial charge in [0.2, 0.25) is 0 Å². The summed E-state index contributed by atoms with van der Waals surface area (Å²) < 4.78 is 0. The van der Waals surface area contributed by atoms with Crippen molar-refractivity contribution in [3.8, 4) is 0 Å². The summed E-state index contributed by atoms with van der Waals surface area (Å²) in [7, 11) is 0. The van der Waals surface area contributed by atoms with Gasteiger partial charge in [0.1, 0.15) is 0 Å². The molecule has 1 N–H and O–H groups in total. The Hall–Kier alpha value is -0.770. The third kappa shape index (κ3) is 3.22. The van der Waals surface area contributed by atoms with E-state index in [1.807, 2.05) is 11.8 Å². The van der Waals surface area contributed by atoms with Crippen molar-refractivity contribution in [1.82, 2.24) is 5.32 Å². The van der Waals surface area contributed by atoms with Crippen molar-refractivity contribution in [2.75, 3.05) is 5.75 Å². The lowest BCUT2D eigenvalue weighted by atomic mass is 10.0. The first-order valence-corrected chi connectivity index (χ1v) is 8.85. The number of nitrogens with one attached hydrogen (secondary N) is 1. The molecule has 2 heterocycles. The lowest BCUT2D eigenvalue weighted by Gasteiger charge is -2.29. The molecule has 2 aromatic rings. The number of thioether (sulfide) groups is 1. The topological polar surface area (TPSA) is 12.0 Å². The highest BCUT2D eigenvalue weighted by Gasteiger charge is 2.21. The number of benzene rings is 1. The monoisotopic (exact) mass is 289 g/mol. The molecule has 1 nitrogen and oxygen atoms in total. The Bertz CT molecular complexity index is 521. The smallest absolute Gasteiger partial charge is 0.0417 e. The van der Waals surface area contributed by atoms with Gasteiger partial charge in [0.25, 0.3) is 0 Å². The first-order chi connectivity index (χ1) is 9.33. The molecule has 0 radical (unpaired) electrons. The molecular formula is C16H19NS2. The second-order valence-electron chi connectivity index (χ2n) is 5.17. The van der Waals surface area contributed by atoms with E-state index in [2.05, 4.69) is 53.3 Å². The summed E-state index contributed by atoms with van der Waals surface area (Å²) in [6.45, 7) is 2.29. The summed E-state index contributed by atoms with van der Waals surface area (Å²) in [5, 5.41) is 8.21. The van der Waals surface area contributed by atoms with Crippen LogP contribution in [0.2, 0.25) is 0 Å². The van der Waals surface area contributed by atoms with E-state index in [-0.39, 0.29) is 0 Å². The van der Waals surface area contributed by atoms with Crippen LogP contribution in [-0.2, 0) is 12.2 Å². The molecule has 2 unspecified atom stereocenters. The van der Waals surface area contributed by atoms with Crippen LogP contribution >= 0.6 is 23.1 Å². The number of thiophene rings is 1. The van der Waals surface area contributed by atoms with Crippen LogP contribution < -0.4 is 5.32 Å². The van der Waals surface area contributed by atoms with Crippen LogP contribution in [0, 0.1) is 0 Å². The Labute approximate surface area is 123 Å². The van der Waals surface area contributed by atoms with Gasteiger partial charge in [0.15, 0.2) is 0 Å². The highest BCUT2D eigenvalue weighted by atomic mass is 32.2. The van der Waals surface area contributed by atoms with Crippen molar-refractivity contribution in [2.45, 2.75) is 31.2 Å². The van der Waals surface area contributed by atoms with Gasteiger partial charge in [-0.05, 0) is 46.9 Å². The molecule has 1 aliphatic heterocycles. The fourth-order valence-corrected chi connectivity index (χ4v) is 4.48. The van der Waals surface area contributed by atoms with Crippen molar-refractivity contribution in [3.05, 3.63) is 57.8 Å². The zero-order valence-electron chi connectivity index (χ0n) is 11.1. The third-order valence-corrected chi connectivity index (χ3v) is 5.40. The standard InChI is InChI=1S/C16H19NS2/c1-12(8-13-6-7-18-9-13)17-16-11-19-10-14-4-2-3-5-15(14)16/h2-7,9,12,16-17H,8,10-11H2,1H3. The average Bonchev–Trinajstić information content (AvgIpc) is 2.92. The summed E-state index contributed by atoms with van der Waals surface area (Å²) in [6.07, 6.45) is 1.12. The van der Waals surface area contributed by atoms with Crippen LogP contribution in [0.15, 0.2) is 41.1 Å². The van der Waals surface area contributed by atoms with Gasteiger partial charge in [-0.15, -0.1) is 0 Å². The lowest BCUT2D eigenvalue weighted by molar-refractivity contribution is 0.478. The van der Waals surface area contributed by atoms with E-state index in [1.165, 1.54) is 22.4 Å². The number of hydrogen-bond donors (Lipinski definition) is 1. The summed E-state index contributed by atoms with van der Waals surface area (Å²) in [4.78, 5) is 0. The molecule has 0 bridgehead atoms. The molecule has 0 spiro atoms. The molecule has 0 fully saturated rings. The Balaban J connectivity index is 1.67. The molecular weight excluding hydrogens is 270 g/mol. The van der Waals surface area contributed by atoms with Crippen molar-refractivity contribution in [1.29, 1.82) is 0 Å². The highest BCUT2D eigenvalue weighted by molar-refractivity contribution is 7.98. The van der Waals surface area contributed by atoms with Gasteiger partial charge in [-0.2, -0.15) is 23.1 Å². The largest absolute Gasteiger partial charge is 0.306 e. The first-order valence-electron chi connectivity index (χ1n) is 6.75. The summed E-state index contributed by atoms with van der Waals surface area (Å²) >= 11 is 3.82. The lowest BCUT2D eigenvalue weighted by Crippen LogP contribution is -2.35. The molecule has 1 aliphatic rings. The Kier molecular flexibility index (Phi) is 4.26. The molecule has 3 heteroatoms. The summed E-state index contributed by atoms with van der Waals surface area (Å²) in [6, 6.07) is 12.1. The van der Waals surface area contributed by atoms with Crippen LogP contribution in [0.5, 0.6) is 0 Å². The Morgan fingerprint density at radius 1 is 1.32 bits per heavy atom. The number of rotatable bonds is 4. The maximum absolute atomic E-state index is 3.80. The van der Waals surface area contributed by atoms with Crippen LogP contribution in [0.1, 0.15) is 29.7 Å². The van der Waals surface area contributed by atoms with E-state index < -0.39 is 0 Å². The predicted molar refractivity (Wildman–Crippen MR) is 86.0 cm³/mol. The predicted octanol–water partition coefficient (Wildman–Crippen LogP) is 4.26. The van der Waals surface area contributed by atoms with Gasteiger partial charge in [-0.3, -0.25) is 0 Å². The molecule has 0 saturated carbocycles. The second kappa shape index (κ2) is 6.12. The normalized spacial score (nSPS) is 19.9. The fourth-order valence-electron chi connectivity index (χ4n) is 2.68. The molecule has 0 amide bonds. The van der Waals surface area contributed by atoms with Crippen LogP contribution in [0.4, 0.5) is 0 Å². The molecule has 1 aromatic heterocycles. The highest BCUT2D eigenvalue weighted by Crippen LogP contribution is 2.31. The maximum atomic E-state index is 3.80. The number of fused-ring (bicyclic) bond motifs is 1. The van der Waals surface area contributed by atoms with E-state index in [4.69, 9.17) is 0 Å². The van der Waals surface area contributed by atoms with E-state index >= 15 is 0 Å². The minimum absolute atomic E-state index is 0.503. The summed E-state index contributed by atoms with van der Waals surface area (Å²) in [5.74, 6) is 2.35. The van der Waals surface area contributed by atoms with E-state index in [0.717, 1.165) is 12.2 Å². The van der Waals surface area contributed by atoms with Crippen molar-refractivity contribution < 1.29 is 0 Å². The maximum Gasteiger partial charge on any atom is 0.0417 e. The minimum Gasteiger partial charge on any atom is -0.306 e. The zero-order chi connectivity index (χ0) is 13.1. The number of hydrogen-bond acceptors (Lipinski definition) is 3. The van der Waals surface area contributed by atoms with Crippen LogP contribution in [0.25, 0.3) is 0 Å². The third-order valence-electron chi connectivity index (χ3n) is 3.58. The average molecular weight is 289 g/mol. The van der Waals surface area contributed by atoms with E-state index in [0.29, 0.717) is 12.1 Å². The summed E-state index contributed by atoms with van der Waals surface area (Å²) in [5.41, 5.74) is 4.44. The van der Waals surface area contributed by atoms with Gasteiger partial charge in [0, 0.05) is 23.6 Å². The Morgan fingerprint density at radius 2 is 2.21 bits per heavy atom. The van der Waals surface area contributed by atoms with Gasteiger partial charge in [0.05, 0.1) is 0 Å². The first kappa shape index (κ1) is 13.2. The fraction of sp³-hybridized carbons (Fsp3) is 0.375. The van der Waals surface area contributed by atoms with Crippen molar-refractivity contribution >= 4 is 23.1 Å². The zero-order valence-corrected chi connectivity index (χ0v) is 12.8. The molecule has 2 atom stereocenters. The van der Waals surface area contributed by atoms with Gasteiger partial charge < -0.3 is 5.32 Å². The van der Waals surface area contributed by atoms with Crippen LogP contribution in [0.3, 0.4) is 0 Å². The minimum atomic E-state index is 0.503. The SMILES string of the molecule is CC(Cc1ccsc1)NC1CSCc2ccccc21. The van der Waals surface area contributed by atoms with E-state index in [1.54, 1.807) is 11.3 Å². The molecule has 0 saturated heterocycles. The molecule has 1 aromatic carbocycles. The molecule has 100 valence electrons. The molecule has 19 heavy (non-hydrogen) atoms. The van der Waals surface area contributed by atoms with Gasteiger partial charge >= 0.3 is 0 Å². The quantitative estimate of drug-likeness (QED) is 0.902. The molecule has 0 aliphatic carbocycles. The van der Waals surface area contributed by atoms with Crippen molar-refractivity contribution in [3.63, 3.8) is 0 Å². The van der Waals surface area contributed by atoms with Crippen molar-refractivity contribution in [2.24, 2.45) is 0 Å². The van der Waals surface area contributed by atoms with E-state index in [9.17, 15) is 0 Å². The van der Waals surface area contributed by atoms with Gasteiger partial charge in [-0.1, -0.05) is 24.3 Å². The molecule has 3 rings (SSSR count). The van der Waals surface area contributed by atoms with Gasteiger partial charge in [-0.25, -0.2) is 0 Å². The van der Waals surface area contributed by atoms with Crippen LogP contribution in [-0.4, -0.2) is 11.8 Å².